The van der Waals surface area contributed by atoms with Crippen LogP contribution in [-0.4, -0.2) is 52.3 Å². The molecule has 3 N–H and O–H groups in total. The Morgan fingerprint density at radius 3 is 1.93 bits per heavy atom. The molecule has 0 aromatic rings. The van der Waals surface area contributed by atoms with E-state index in [4.69, 9.17) is 19.3 Å². The van der Waals surface area contributed by atoms with Gasteiger partial charge in [-0.3, -0.25) is 14.1 Å². The Morgan fingerprint density at radius 2 is 1.32 bits per heavy atom. The fourth-order valence-electron chi connectivity index (χ4n) is 3.67. The lowest BCUT2D eigenvalue weighted by molar-refractivity contribution is -0.161. The lowest BCUT2D eigenvalue weighted by atomic mass is 10.1. The number of unbranched alkanes of at least 4 members (excludes halogenated alkanes) is 5. The van der Waals surface area contributed by atoms with Crippen molar-refractivity contribution < 1.29 is 43.0 Å². The zero-order chi connectivity index (χ0) is 30.6. The SMILES string of the molecule is CCCCCCCC(=O)OC[C@H](COP(=O)(O)O)OC(=O)CCC/C=C\C/C=C\C/C=C\C/C=C\CC(O)CCC. The molecule has 41 heavy (non-hydrogen) atoms. The summed E-state index contributed by atoms with van der Waals surface area (Å²) in [6.07, 6.45) is 26.7. The van der Waals surface area contributed by atoms with Crippen molar-refractivity contribution in [3.63, 3.8) is 0 Å². The Bertz CT molecular complexity index is 829. The van der Waals surface area contributed by atoms with Crippen molar-refractivity contribution in [2.45, 2.75) is 122 Å². The van der Waals surface area contributed by atoms with Crippen LogP contribution in [0.5, 0.6) is 0 Å². The summed E-state index contributed by atoms with van der Waals surface area (Å²) in [7, 11) is -4.76. The first kappa shape index (κ1) is 39.0. The van der Waals surface area contributed by atoms with E-state index in [1.165, 1.54) is 0 Å². The summed E-state index contributed by atoms with van der Waals surface area (Å²) >= 11 is 0. The number of allylic oxidation sites excluding steroid dienone is 7. The van der Waals surface area contributed by atoms with Crippen LogP contribution in [0.1, 0.15) is 110 Å². The van der Waals surface area contributed by atoms with Gasteiger partial charge in [-0.25, -0.2) is 4.57 Å². The molecule has 0 saturated heterocycles. The van der Waals surface area contributed by atoms with E-state index in [9.17, 15) is 19.3 Å². The lowest BCUT2D eigenvalue weighted by Crippen LogP contribution is -2.29. The summed E-state index contributed by atoms with van der Waals surface area (Å²) in [6, 6.07) is 0. The fourth-order valence-corrected chi connectivity index (χ4v) is 4.03. The number of aliphatic hydroxyl groups excluding tert-OH is 1. The van der Waals surface area contributed by atoms with E-state index in [0.717, 1.165) is 57.8 Å². The van der Waals surface area contributed by atoms with Crippen LogP contribution in [0.15, 0.2) is 48.6 Å². The van der Waals surface area contributed by atoms with Crippen LogP contribution in [0.4, 0.5) is 0 Å². The van der Waals surface area contributed by atoms with Crippen molar-refractivity contribution >= 4 is 19.8 Å². The van der Waals surface area contributed by atoms with Crippen LogP contribution in [-0.2, 0) is 28.2 Å². The summed E-state index contributed by atoms with van der Waals surface area (Å²) in [5.41, 5.74) is 0. The highest BCUT2D eigenvalue weighted by Crippen LogP contribution is 2.35. The number of phosphoric ester groups is 1. The maximum Gasteiger partial charge on any atom is 0.469 e. The molecule has 2 atom stereocenters. The van der Waals surface area contributed by atoms with Gasteiger partial charge in [-0.2, -0.15) is 0 Å². The zero-order valence-electron chi connectivity index (χ0n) is 25.0. The topological polar surface area (TPSA) is 140 Å². The Morgan fingerprint density at radius 1 is 0.732 bits per heavy atom. The lowest BCUT2D eigenvalue weighted by Gasteiger charge is -2.18. The average molecular weight is 601 g/mol. The van der Waals surface area contributed by atoms with Crippen molar-refractivity contribution in [3.05, 3.63) is 48.6 Å². The zero-order valence-corrected chi connectivity index (χ0v) is 25.9. The van der Waals surface area contributed by atoms with Gasteiger partial charge in [-0.1, -0.05) is 94.6 Å². The molecule has 10 heteroatoms. The Balaban J connectivity index is 4.16. The minimum absolute atomic E-state index is 0.120. The van der Waals surface area contributed by atoms with Crippen molar-refractivity contribution in [1.82, 2.24) is 0 Å². The quantitative estimate of drug-likeness (QED) is 0.0413. The van der Waals surface area contributed by atoms with E-state index in [1.54, 1.807) is 0 Å². The largest absolute Gasteiger partial charge is 0.469 e. The Hall–Kier alpha value is -2.03. The summed E-state index contributed by atoms with van der Waals surface area (Å²) in [4.78, 5) is 42.0. The number of hydrogen-bond donors (Lipinski definition) is 3. The predicted octanol–water partition coefficient (Wildman–Crippen LogP) is 7.03. The second-order valence-electron chi connectivity index (χ2n) is 9.91. The monoisotopic (exact) mass is 600 g/mol. The molecule has 0 rings (SSSR count). The van der Waals surface area contributed by atoms with Crippen LogP contribution in [0.3, 0.4) is 0 Å². The van der Waals surface area contributed by atoms with E-state index < -0.39 is 32.5 Å². The van der Waals surface area contributed by atoms with Crippen LogP contribution in [0, 0.1) is 0 Å². The molecule has 0 radical (unpaired) electrons. The number of esters is 2. The van der Waals surface area contributed by atoms with Gasteiger partial charge in [0.25, 0.3) is 0 Å². The molecule has 0 bridgehead atoms. The molecular formula is C31H53O9P. The molecule has 1 unspecified atom stereocenters. The van der Waals surface area contributed by atoms with Crippen molar-refractivity contribution in [2.75, 3.05) is 13.2 Å². The number of carbonyl (C=O) groups excluding carboxylic acids is 2. The third-order valence-corrected chi connectivity index (χ3v) is 6.39. The van der Waals surface area contributed by atoms with Gasteiger partial charge in [0.05, 0.1) is 12.7 Å². The second kappa shape index (κ2) is 26.8. The molecule has 0 heterocycles. The third kappa shape index (κ3) is 29.3. The van der Waals surface area contributed by atoms with Crippen molar-refractivity contribution in [3.8, 4) is 0 Å². The highest BCUT2D eigenvalue weighted by molar-refractivity contribution is 7.46. The van der Waals surface area contributed by atoms with Gasteiger partial charge in [0, 0.05) is 12.8 Å². The molecule has 0 saturated carbocycles. The number of aliphatic hydroxyl groups is 1. The van der Waals surface area contributed by atoms with Gasteiger partial charge in [0.15, 0.2) is 6.10 Å². The minimum atomic E-state index is -4.76. The highest BCUT2D eigenvalue weighted by Gasteiger charge is 2.22. The molecule has 0 amide bonds. The molecular weight excluding hydrogens is 547 g/mol. The number of ether oxygens (including phenoxy) is 2. The number of carbonyl (C=O) groups is 2. The van der Waals surface area contributed by atoms with Gasteiger partial charge < -0.3 is 24.4 Å². The van der Waals surface area contributed by atoms with Crippen LogP contribution in [0.25, 0.3) is 0 Å². The summed E-state index contributed by atoms with van der Waals surface area (Å²) in [5.74, 6) is -0.993. The van der Waals surface area contributed by atoms with Gasteiger partial charge in [-0.15, -0.1) is 0 Å². The molecule has 0 fully saturated rings. The molecule has 0 aliphatic heterocycles. The fraction of sp³-hybridized carbons (Fsp3) is 0.677. The first-order chi connectivity index (χ1) is 19.7. The first-order valence-electron chi connectivity index (χ1n) is 15.0. The molecule has 0 aromatic carbocycles. The Kier molecular flexibility index (Phi) is 25.5. The smallest absolute Gasteiger partial charge is 0.462 e. The molecule has 0 aliphatic rings. The van der Waals surface area contributed by atoms with Crippen LogP contribution in [0.2, 0.25) is 0 Å². The van der Waals surface area contributed by atoms with E-state index in [2.05, 4.69) is 48.8 Å². The van der Waals surface area contributed by atoms with Gasteiger partial charge in [0.2, 0.25) is 0 Å². The maximum absolute atomic E-state index is 12.2. The molecule has 9 nitrogen and oxygen atoms in total. The van der Waals surface area contributed by atoms with E-state index in [0.29, 0.717) is 25.7 Å². The number of phosphoric acid groups is 1. The molecule has 236 valence electrons. The second-order valence-corrected chi connectivity index (χ2v) is 11.1. The molecule has 0 aliphatic carbocycles. The predicted molar refractivity (Wildman–Crippen MR) is 162 cm³/mol. The van der Waals surface area contributed by atoms with E-state index in [1.807, 2.05) is 18.2 Å². The Labute approximate surface area is 247 Å². The standard InChI is InChI=1S/C31H53O9P/c1-3-5-6-16-20-24-30(33)38-26-29(27-39-41(35,36)37)40-31(34)25-21-18-15-13-11-9-7-8-10-12-14-17-19-23-28(32)22-4-2/h7,9-10,12-13,15,17,19,28-29,32H,3-6,8,11,14,16,18,20-27H2,1-2H3,(H2,35,36,37)/b9-7-,12-10-,15-13-,19-17-/t28?,29-/m1/s1. The summed E-state index contributed by atoms with van der Waals surface area (Å²) in [6.45, 7) is 3.29. The highest BCUT2D eigenvalue weighted by atomic mass is 31.2. The third-order valence-electron chi connectivity index (χ3n) is 5.91. The molecule has 0 aromatic heterocycles. The van der Waals surface area contributed by atoms with Gasteiger partial charge >= 0.3 is 19.8 Å². The van der Waals surface area contributed by atoms with Gasteiger partial charge in [-0.05, 0) is 51.4 Å². The van der Waals surface area contributed by atoms with Crippen molar-refractivity contribution in [1.29, 1.82) is 0 Å². The van der Waals surface area contributed by atoms with Crippen molar-refractivity contribution in [2.24, 2.45) is 0 Å². The van der Waals surface area contributed by atoms with Crippen LogP contribution < -0.4 is 0 Å². The minimum Gasteiger partial charge on any atom is -0.462 e. The average Bonchev–Trinajstić information content (AvgIpc) is 2.91. The number of hydrogen-bond acceptors (Lipinski definition) is 7. The van der Waals surface area contributed by atoms with Crippen LogP contribution >= 0.6 is 7.82 Å². The van der Waals surface area contributed by atoms with E-state index >= 15 is 0 Å². The molecule has 0 spiro atoms. The normalized spacial score (nSPS) is 14.0. The number of rotatable bonds is 26. The summed E-state index contributed by atoms with van der Waals surface area (Å²) < 4.78 is 25.9. The van der Waals surface area contributed by atoms with Gasteiger partial charge in [0.1, 0.15) is 6.61 Å². The maximum atomic E-state index is 12.2. The first-order valence-corrected chi connectivity index (χ1v) is 16.5. The summed E-state index contributed by atoms with van der Waals surface area (Å²) in [5, 5.41) is 9.66. The van der Waals surface area contributed by atoms with E-state index in [-0.39, 0.29) is 25.6 Å².